The third-order valence-corrected chi connectivity index (χ3v) is 4.82. The quantitative estimate of drug-likeness (QED) is 0.669. The summed E-state index contributed by atoms with van der Waals surface area (Å²) in [6.07, 6.45) is 0.412. The normalized spacial score (nSPS) is 12.4. The third-order valence-electron chi connectivity index (χ3n) is 4.82. The zero-order valence-electron chi connectivity index (χ0n) is 16.5. The molecule has 3 rings (SSSR count). The summed E-state index contributed by atoms with van der Waals surface area (Å²) in [5.41, 5.74) is 0.831. The molecule has 0 saturated heterocycles. The van der Waals surface area contributed by atoms with Crippen LogP contribution in [0, 0.1) is 11.7 Å². The maximum Gasteiger partial charge on any atom is 0.266 e. The number of nitrogens with zero attached hydrogens (tertiary/aromatic N) is 3. The Balaban J connectivity index is 2.20. The van der Waals surface area contributed by atoms with Crippen molar-refractivity contribution in [1.29, 1.82) is 0 Å². The molecule has 2 aromatic carbocycles. The predicted octanol–water partition coefficient (Wildman–Crippen LogP) is 4.09. The summed E-state index contributed by atoms with van der Waals surface area (Å²) in [4.78, 5) is 32.1. The maximum absolute atomic E-state index is 13.4. The minimum Gasteiger partial charge on any atom is -0.336 e. The highest BCUT2D eigenvalue weighted by molar-refractivity contribution is 5.79. The van der Waals surface area contributed by atoms with Gasteiger partial charge in [-0.3, -0.25) is 14.2 Å². The van der Waals surface area contributed by atoms with E-state index in [4.69, 9.17) is 4.98 Å². The number of aromatic nitrogens is 2. The lowest BCUT2D eigenvalue weighted by atomic mass is 10.1. The zero-order chi connectivity index (χ0) is 20.4. The van der Waals surface area contributed by atoms with Crippen LogP contribution in [0.15, 0.2) is 53.3 Å². The largest absolute Gasteiger partial charge is 0.336 e. The van der Waals surface area contributed by atoms with Crippen LogP contribution < -0.4 is 5.56 Å². The van der Waals surface area contributed by atoms with Crippen molar-refractivity contribution in [2.45, 2.75) is 33.2 Å². The van der Waals surface area contributed by atoms with Gasteiger partial charge in [0.05, 0.1) is 22.6 Å². The molecule has 0 aliphatic carbocycles. The lowest BCUT2D eigenvalue weighted by molar-refractivity contribution is -0.132. The van der Waals surface area contributed by atoms with E-state index in [0.717, 1.165) is 0 Å². The summed E-state index contributed by atoms with van der Waals surface area (Å²) in [6, 6.07) is 12.3. The monoisotopic (exact) mass is 381 g/mol. The van der Waals surface area contributed by atoms with Crippen molar-refractivity contribution in [2.75, 3.05) is 7.05 Å². The van der Waals surface area contributed by atoms with Gasteiger partial charge in [0.1, 0.15) is 11.6 Å². The predicted molar refractivity (Wildman–Crippen MR) is 108 cm³/mol. The second-order valence-corrected chi connectivity index (χ2v) is 7.38. The van der Waals surface area contributed by atoms with E-state index in [1.165, 1.54) is 16.7 Å². The molecule has 0 spiro atoms. The van der Waals surface area contributed by atoms with Gasteiger partial charge in [-0.05, 0) is 49.2 Å². The Morgan fingerprint density at radius 2 is 1.75 bits per heavy atom. The molecular weight excluding hydrogens is 357 g/mol. The van der Waals surface area contributed by atoms with E-state index in [0.29, 0.717) is 28.8 Å². The molecule has 1 amide bonds. The Hall–Kier alpha value is -3.02. The highest BCUT2D eigenvalue weighted by Crippen LogP contribution is 2.23. The van der Waals surface area contributed by atoms with Crippen LogP contribution in [0.2, 0.25) is 0 Å². The summed E-state index contributed by atoms with van der Waals surface area (Å²) < 4.78 is 14.9. The van der Waals surface area contributed by atoms with E-state index >= 15 is 0 Å². The van der Waals surface area contributed by atoms with Crippen LogP contribution in [-0.2, 0) is 4.79 Å². The molecule has 0 radical (unpaired) electrons. The van der Waals surface area contributed by atoms with Crippen LogP contribution in [0.3, 0.4) is 0 Å². The molecule has 0 aliphatic heterocycles. The summed E-state index contributed by atoms with van der Waals surface area (Å²) in [6.45, 7) is 5.81. The molecule has 28 heavy (non-hydrogen) atoms. The second kappa shape index (κ2) is 7.92. The van der Waals surface area contributed by atoms with Crippen molar-refractivity contribution in [1.82, 2.24) is 14.5 Å². The molecule has 0 saturated carbocycles. The lowest BCUT2D eigenvalue weighted by Crippen LogP contribution is -2.35. The fraction of sp³-hybridized carbons (Fsp3) is 0.318. The van der Waals surface area contributed by atoms with Crippen LogP contribution in [0.25, 0.3) is 16.6 Å². The van der Waals surface area contributed by atoms with Gasteiger partial charge in [-0.15, -0.1) is 0 Å². The van der Waals surface area contributed by atoms with Crippen molar-refractivity contribution < 1.29 is 9.18 Å². The number of halogens is 1. The molecule has 5 nitrogen and oxygen atoms in total. The Labute approximate surface area is 163 Å². The topological polar surface area (TPSA) is 55.2 Å². The number of hydrogen-bond donors (Lipinski definition) is 0. The summed E-state index contributed by atoms with van der Waals surface area (Å²) >= 11 is 0. The Bertz CT molecular complexity index is 1060. The van der Waals surface area contributed by atoms with E-state index in [2.05, 4.69) is 0 Å². The summed E-state index contributed by atoms with van der Waals surface area (Å²) in [5.74, 6) is 0.265. The number of rotatable bonds is 5. The van der Waals surface area contributed by atoms with Gasteiger partial charge in [0.15, 0.2) is 0 Å². The minimum atomic E-state index is -0.436. The molecule has 1 heterocycles. The standard InChI is InChI=1S/C22H24FN3O2/c1-14(2)13-20(27)25(4)15(3)21-24-19-8-6-5-7-18(19)22(28)26(21)17-11-9-16(23)10-12-17/h5-12,14-15H,13H2,1-4H3. The van der Waals surface area contributed by atoms with Crippen LogP contribution >= 0.6 is 0 Å². The highest BCUT2D eigenvalue weighted by Gasteiger charge is 2.24. The van der Waals surface area contributed by atoms with Gasteiger partial charge in [-0.1, -0.05) is 26.0 Å². The maximum atomic E-state index is 13.4. The number of hydrogen-bond acceptors (Lipinski definition) is 3. The van der Waals surface area contributed by atoms with E-state index < -0.39 is 6.04 Å². The first-order valence-corrected chi connectivity index (χ1v) is 9.33. The molecule has 6 heteroatoms. The molecule has 0 bridgehead atoms. The van der Waals surface area contributed by atoms with E-state index in [1.54, 1.807) is 42.3 Å². The van der Waals surface area contributed by atoms with E-state index in [1.807, 2.05) is 26.8 Å². The number of carbonyl (C=O) groups excluding carboxylic acids is 1. The fourth-order valence-electron chi connectivity index (χ4n) is 3.15. The Morgan fingerprint density at radius 1 is 1.11 bits per heavy atom. The fourth-order valence-corrected chi connectivity index (χ4v) is 3.15. The summed E-state index contributed by atoms with van der Waals surface area (Å²) in [5, 5.41) is 0.471. The molecule has 1 unspecified atom stereocenters. The van der Waals surface area contributed by atoms with E-state index in [9.17, 15) is 14.0 Å². The molecule has 3 aromatic rings. The first-order valence-electron chi connectivity index (χ1n) is 9.33. The van der Waals surface area contributed by atoms with Crippen LogP contribution in [0.1, 0.15) is 39.1 Å². The number of carbonyl (C=O) groups is 1. The number of amides is 1. The molecule has 0 N–H and O–H groups in total. The first-order chi connectivity index (χ1) is 13.3. The van der Waals surface area contributed by atoms with Crippen molar-refractivity contribution in [3.63, 3.8) is 0 Å². The van der Waals surface area contributed by atoms with Gasteiger partial charge in [-0.2, -0.15) is 0 Å². The smallest absolute Gasteiger partial charge is 0.266 e. The molecular formula is C22H24FN3O2. The lowest BCUT2D eigenvalue weighted by Gasteiger charge is -2.27. The average Bonchev–Trinajstić information content (AvgIpc) is 2.67. The van der Waals surface area contributed by atoms with Crippen molar-refractivity contribution in [3.05, 3.63) is 70.5 Å². The van der Waals surface area contributed by atoms with Crippen molar-refractivity contribution in [2.24, 2.45) is 5.92 Å². The first kappa shape index (κ1) is 19.7. The van der Waals surface area contributed by atoms with Crippen molar-refractivity contribution in [3.8, 4) is 5.69 Å². The number of benzene rings is 2. The van der Waals surface area contributed by atoms with Crippen LogP contribution in [-0.4, -0.2) is 27.4 Å². The van der Waals surface area contributed by atoms with Gasteiger partial charge < -0.3 is 4.90 Å². The van der Waals surface area contributed by atoms with Gasteiger partial charge in [-0.25, -0.2) is 9.37 Å². The van der Waals surface area contributed by atoms with Crippen molar-refractivity contribution >= 4 is 16.8 Å². The molecule has 0 fully saturated rings. The SMILES string of the molecule is CC(C)CC(=O)N(C)C(C)c1nc2ccccc2c(=O)n1-c1ccc(F)cc1. The molecule has 1 aromatic heterocycles. The van der Waals surface area contributed by atoms with Gasteiger partial charge in [0, 0.05) is 13.5 Å². The van der Waals surface area contributed by atoms with Crippen LogP contribution in [0.5, 0.6) is 0 Å². The molecule has 1 atom stereocenters. The highest BCUT2D eigenvalue weighted by atomic mass is 19.1. The Kier molecular flexibility index (Phi) is 5.58. The minimum absolute atomic E-state index is 0.0180. The Morgan fingerprint density at radius 3 is 2.39 bits per heavy atom. The third kappa shape index (κ3) is 3.81. The molecule has 146 valence electrons. The summed E-state index contributed by atoms with van der Waals surface area (Å²) in [7, 11) is 1.71. The molecule has 0 aliphatic rings. The average molecular weight is 381 g/mol. The van der Waals surface area contributed by atoms with Gasteiger partial charge in [0.2, 0.25) is 5.91 Å². The van der Waals surface area contributed by atoms with Crippen LogP contribution in [0.4, 0.5) is 4.39 Å². The van der Waals surface area contributed by atoms with E-state index in [-0.39, 0.29) is 23.2 Å². The zero-order valence-corrected chi connectivity index (χ0v) is 16.5. The second-order valence-electron chi connectivity index (χ2n) is 7.38. The number of para-hydroxylation sites is 1. The van der Waals surface area contributed by atoms with Gasteiger partial charge >= 0.3 is 0 Å². The van der Waals surface area contributed by atoms with Gasteiger partial charge in [0.25, 0.3) is 5.56 Å². The number of fused-ring (bicyclic) bond motifs is 1.